The van der Waals surface area contributed by atoms with Gasteiger partial charge in [0.05, 0.1) is 0 Å². The SMILES string of the molecule is CC(C)(C)CSCCc1cccc(C(C)(C)C)n1. The zero-order chi connectivity index (χ0) is 13.8. The Labute approximate surface area is 117 Å². The number of aromatic nitrogens is 1. The highest BCUT2D eigenvalue weighted by Gasteiger charge is 2.15. The van der Waals surface area contributed by atoms with Crippen LogP contribution in [0.15, 0.2) is 18.2 Å². The van der Waals surface area contributed by atoms with Crippen LogP contribution in [0.25, 0.3) is 0 Å². The molecule has 102 valence electrons. The van der Waals surface area contributed by atoms with Gasteiger partial charge in [0, 0.05) is 16.8 Å². The van der Waals surface area contributed by atoms with Gasteiger partial charge in [-0.1, -0.05) is 47.6 Å². The third-order valence-electron chi connectivity index (χ3n) is 2.61. The van der Waals surface area contributed by atoms with Crippen molar-refractivity contribution in [2.24, 2.45) is 5.41 Å². The maximum Gasteiger partial charge on any atom is 0.0460 e. The van der Waals surface area contributed by atoms with Crippen LogP contribution in [-0.4, -0.2) is 16.5 Å². The Bertz CT molecular complexity index is 371. The maximum absolute atomic E-state index is 4.76. The highest BCUT2D eigenvalue weighted by molar-refractivity contribution is 7.99. The van der Waals surface area contributed by atoms with E-state index in [1.807, 2.05) is 11.8 Å². The van der Waals surface area contributed by atoms with Crippen LogP contribution in [0.4, 0.5) is 0 Å². The van der Waals surface area contributed by atoms with Gasteiger partial charge in [0.1, 0.15) is 0 Å². The van der Waals surface area contributed by atoms with Crippen LogP contribution in [0, 0.1) is 5.41 Å². The van der Waals surface area contributed by atoms with Crippen LogP contribution in [0.3, 0.4) is 0 Å². The summed E-state index contributed by atoms with van der Waals surface area (Å²) in [6.45, 7) is 13.5. The monoisotopic (exact) mass is 265 g/mol. The number of rotatable bonds is 4. The van der Waals surface area contributed by atoms with Gasteiger partial charge in [0.15, 0.2) is 0 Å². The lowest BCUT2D eigenvalue weighted by molar-refractivity contribution is 0.481. The number of thioether (sulfide) groups is 1. The number of pyridine rings is 1. The molecule has 1 aromatic rings. The van der Waals surface area contributed by atoms with E-state index in [1.54, 1.807) is 0 Å². The largest absolute Gasteiger partial charge is 0.257 e. The van der Waals surface area contributed by atoms with Gasteiger partial charge in [0.25, 0.3) is 0 Å². The average Bonchev–Trinajstić information content (AvgIpc) is 2.22. The van der Waals surface area contributed by atoms with E-state index in [1.165, 1.54) is 17.1 Å². The van der Waals surface area contributed by atoms with E-state index < -0.39 is 0 Å². The molecule has 0 saturated carbocycles. The molecule has 0 spiro atoms. The molecule has 1 aromatic heterocycles. The summed E-state index contributed by atoms with van der Waals surface area (Å²) in [5.74, 6) is 2.38. The molecule has 18 heavy (non-hydrogen) atoms. The smallest absolute Gasteiger partial charge is 0.0460 e. The van der Waals surface area contributed by atoms with Crippen molar-refractivity contribution in [1.29, 1.82) is 0 Å². The second-order valence-corrected chi connectivity index (χ2v) is 8.23. The molecule has 1 rings (SSSR count). The molecule has 0 aromatic carbocycles. The third-order valence-corrected chi connectivity index (χ3v) is 4.18. The fourth-order valence-corrected chi connectivity index (χ4v) is 2.70. The molecule has 0 radical (unpaired) electrons. The summed E-state index contributed by atoms with van der Waals surface area (Å²) >= 11 is 2.03. The van der Waals surface area contributed by atoms with E-state index in [4.69, 9.17) is 4.98 Å². The topological polar surface area (TPSA) is 12.9 Å². The highest BCUT2D eigenvalue weighted by Crippen LogP contribution is 2.22. The Kier molecular flexibility index (Phi) is 5.27. The molecule has 1 heterocycles. The Morgan fingerprint density at radius 3 is 2.28 bits per heavy atom. The van der Waals surface area contributed by atoms with Crippen LogP contribution >= 0.6 is 11.8 Å². The van der Waals surface area contributed by atoms with Crippen LogP contribution in [0.2, 0.25) is 0 Å². The van der Waals surface area contributed by atoms with Crippen LogP contribution in [-0.2, 0) is 11.8 Å². The first-order valence-corrected chi connectivity index (χ1v) is 7.88. The summed E-state index contributed by atoms with van der Waals surface area (Å²) in [5.41, 5.74) is 2.99. The van der Waals surface area contributed by atoms with Gasteiger partial charge < -0.3 is 0 Å². The molecule has 0 amide bonds. The number of hydrogen-bond acceptors (Lipinski definition) is 2. The number of hydrogen-bond donors (Lipinski definition) is 0. The van der Waals surface area contributed by atoms with Gasteiger partial charge >= 0.3 is 0 Å². The van der Waals surface area contributed by atoms with E-state index >= 15 is 0 Å². The summed E-state index contributed by atoms with van der Waals surface area (Å²) in [5, 5.41) is 0. The predicted octanol–water partition coefficient (Wildman–Crippen LogP) is 4.70. The van der Waals surface area contributed by atoms with E-state index in [0.717, 1.165) is 12.2 Å². The molecule has 0 unspecified atom stereocenters. The number of nitrogens with zero attached hydrogens (tertiary/aromatic N) is 1. The molecule has 1 nitrogen and oxygen atoms in total. The van der Waals surface area contributed by atoms with Crippen molar-refractivity contribution in [2.45, 2.75) is 53.4 Å². The van der Waals surface area contributed by atoms with Crippen LogP contribution < -0.4 is 0 Å². The summed E-state index contributed by atoms with van der Waals surface area (Å²) in [4.78, 5) is 4.76. The number of aryl methyl sites for hydroxylation is 1. The molecule has 0 N–H and O–H groups in total. The van der Waals surface area contributed by atoms with Gasteiger partial charge in [0.2, 0.25) is 0 Å². The van der Waals surface area contributed by atoms with E-state index in [-0.39, 0.29) is 5.41 Å². The first-order chi connectivity index (χ1) is 8.18. The van der Waals surface area contributed by atoms with Crippen molar-refractivity contribution in [3.63, 3.8) is 0 Å². The van der Waals surface area contributed by atoms with Gasteiger partial charge in [-0.15, -0.1) is 0 Å². The minimum absolute atomic E-state index is 0.147. The standard InChI is InChI=1S/C16H27NS/c1-15(2,3)12-18-11-10-13-8-7-9-14(17-13)16(4,5)6/h7-9H,10-12H2,1-6H3. The summed E-state index contributed by atoms with van der Waals surface area (Å²) in [7, 11) is 0. The zero-order valence-electron chi connectivity index (χ0n) is 12.7. The summed E-state index contributed by atoms with van der Waals surface area (Å²) in [6, 6.07) is 6.41. The Balaban J connectivity index is 2.49. The van der Waals surface area contributed by atoms with Crippen molar-refractivity contribution >= 4 is 11.8 Å². The first-order valence-electron chi connectivity index (χ1n) is 6.73. The highest BCUT2D eigenvalue weighted by atomic mass is 32.2. The second-order valence-electron chi connectivity index (χ2n) is 7.13. The van der Waals surface area contributed by atoms with E-state index in [0.29, 0.717) is 5.41 Å². The van der Waals surface area contributed by atoms with Gasteiger partial charge in [-0.05, 0) is 35.5 Å². The molecular weight excluding hydrogens is 238 g/mol. The van der Waals surface area contributed by atoms with E-state index in [2.05, 4.69) is 59.7 Å². The minimum Gasteiger partial charge on any atom is -0.257 e. The third kappa shape index (κ3) is 5.90. The van der Waals surface area contributed by atoms with Gasteiger partial charge in [-0.2, -0.15) is 11.8 Å². The van der Waals surface area contributed by atoms with Crippen molar-refractivity contribution in [2.75, 3.05) is 11.5 Å². The summed E-state index contributed by atoms with van der Waals surface area (Å²) < 4.78 is 0. The van der Waals surface area contributed by atoms with Crippen molar-refractivity contribution < 1.29 is 0 Å². The van der Waals surface area contributed by atoms with Crippen molar-refractivity contribution in [3.05, 3.63) is 29.6 Å². The zero-order valence-corrected chi connectivity index (χ0v) is 13.5. The quantitative estimate of drug-likeness (QED) is 0.732. The summed E-state index contributed by atoms with van der Waals surface area (Å²) in [6.07, 6.45) is 1.07. The Hall–Kier alpha value is -0.500. The fourth-order valence-electron chi connectivity index (χ4n) is 1.59. The fraction of sp³-hybridized carbons (Fsp3) is 0.688. The predicted molar refractivity (Wildman–Crippen MR) is 83.4 cm³/mol. The maximum atomic E-state index is 4.76. The second kappa shape index (κ2) is 6.10. The molecule has 0 aliphatic rings. The molecule has 0 atom stereocenters. The first kappa shape index (κ1) is 15.6. The van der Waals surface area contributed by atoms with Crippen LogP contribution in [0.1, 0.15) is 52.9 Å². The van der Waals surface area contributed by atoms with Crippen LogP contribution in [0.5, 0.6) is 0 Å². The molecule has 0 aliphatic carbocycles. The lowest BCUT2D eigenvalue weighted by Crippen LogP contribution is -2.14. The van der Waals surface area contributed by atoms with Gasteiger partial charge in [-0.3, -0.25) is 4.98 Å². The van der Waals surface area contributed by atoms with Gasteiger partial charge in [-0.25, -0.2) is 0 Å². The van der Waals surface area contributed by atoms with E-state index in [9.17, 15) is 0 Å². The molecule has 2 heteroatoms. The Morgan fingerprint density at radius 2 is 1.72 bits per heavy atom. The lowest BCUT2D eigenvalue weighted by atomic mass is 9.91. The Morgan fingerprint density at radius 1 is 1.06 bits per heavy atom. The molecular formula is C16H27NS. The average molecular weight is 265 g/mol. The molecule has 0 aliphatic heterocycles. The van der Waals surface area contributed by atoms with Crippen molar-refractivity contribution in [1.82, 2.24) is 4.98 Å². The lowest BCUT2D eigenvalue weighted by Gasteiger charge is -2.19. The molecule has 0 bridgehead atoms. The van der Waals surface area contributed by atoms with Crippen molar-refractivity contribution in [3.8, 4) is 0 Å². The molecule has 0 saturated heterocycles. The molecule has 0 fully saturated rings. The minimum atomic E-state index is 0.147. The normalized spacial score (nSPS) is 12.8.